The lowest BCUT2D eigenvalue weighted by Gasteiger charge is -2.16. The Balaban J connectivity index is 2.03. The fourth-order valence-corrected chi connectivity index (χ4v) is 3.54. The summed E-state index contributed by atoms with van der Waals surface area (Å²) >= 11 is 0. The number of aromatic nitrogens is 1. The third-order valence-electron chi connectivity index (χ3n) is 4.60. The predicted octanol–water partition coefficient (Wildman–Crippen LogP) is 5.05. The Kier molecular flexibility index (Phi) is 2.91. The van der Waals surface area contributed by atoms with Crippen LogP contribution in [0.2, 0.25) is 0 Å². The number of aryl methyl sites for hydroxylation is 2. The summed E-state index contributed by atoms with van der Waals surface area (Å²) in [6.45, 7) is 0. The summed E-state index contributed by atoms with van der Waals surface area (Å²) in [4.78, 5) is 4.67. The van der Waals surface area contributed by atoms with Gasteiger partial charge in [0, 0.05) is 17.0 Å². The number of hydrogen-bond acceptors (Lipinski definition) is 1. The van der Waals surface area contributed by atoms with Crippen molar-refractivity contribution in [2.24, 2.45) is 0 Å². The zero-order valence-electron chi connectivity index (χ0n) is 11.7. The van der Waals surface area contributed by atoms with Crippen LogP contribution in [0.3, 0.4) is 0 Å². The minimum absolute atomic E-state index is 1.10. The minimum Gasteiger partial charge on any atom is -0.256 e. The van der Waals surface area contributed by atoms with Crippen molar-refractivity contribution in [3.8, 4) is 0 Å². The highest BCUT2D eigenvalue weighted by Crippen LogP contribution is 2.31. The molecule has 0 fully saturated rings. The van der Waals surface area contributed by atoms with E-state index >= 15 is 0 Å². The molecule has 1 heterocycles. The van der Waals surface area contributed by atoms with Crippen molar-refractivity contribution in [2.45, 2.75) is 38.5 Å². The normalized spacial score (nSPS) is 15.8. The summed E-state index contributed by atoms with van der Waals surface area (Å²) in [5, 5.41) is 4.04. The summed E-state index contributed by atoms with van der Waals surface area (Å²) in [6.07, 6.45) is 9.95. The first-order valence-corrected chi connectivity index (χ1v) is 7.72. The van der Waals surface area contributed by atoms with Crippen LogP contribution in [0.15, 0.2) is 42.6 Å². The van der Waals surface area contributed by atoms with Gasteiger partial charge < -0.3 is 0 Å². The summed E-state index contributed by atoms with van der Waals surface area (Å²) in [7, 11) is 0. The van der Waals surface area contributed by atoms with Crippen LogP contribution in [0.1, 0.15) is 36.8 Å². The smallest absolute Gasteiger partial charge is 0.0708 e. The number of benzene rings is 2. The van der Waals surface area contributed by atoms with E-state index in [1.54, 1.807) is 11.1 Å². The molecular weight excluding hydrogens is 242 g/mol. The highest BCUT2D eigenvalue weighted by atomic mass is 14.6. The van der Waals surface area contributed by atoms with E-state index in [4.69, 9.17) is 0 Å². The van der Waals surface area contributed by atoms with E-state index in [1.807, 2.05) is 0 Å². The highest BCUT2D eigenvalue weighted by Gasteiger charge is 2.12. The van der Waals surface area contributed by atoms with Gasteiger partial charge in [-0.2, -0.15) is 0 Å². The van der Waals surface area contributed by atoms with Crippen molar-refractivity contribution in [1.82, 2.24) is 4.98 Å². The second kappa shape index (κ2) is 4.90. The first kappa shape index (κ1) is 11.9. The van der Waals surface area contributed by atoms with Gasteiger partial charge in [0.1, 0.15) is 0 Å². The van der Waals surface area contributed by atoms with E-state index in [9.17, 15) is 0 Å². The van der Waals surface area contributed by atoms with Crippen LogP contribution in [0.25, 0.3) is 21.7 Å². The standard InChI is InChI=1S/C19H19N/c1-2-4-8-15-14(7-3-1)11-12-16-17-9-5-6-10-19(17)20-13-18(15)16/h5-6,9-13H,1-4,7-8H2. The lowest BCUT2D eigenvalue weighted by atomic mass is 9.89. The molecule has 1 aromatic heterocycles. The third kappa shape index (κ3) is 1.89. The summed E-state index contributed by atoms with van der Waals surface area (Å²) < 4.78 is 0. The first-order valence-electron chi connectivity index (χ1n) is 7.72. The fraction of sp³-hybridized carbons (Fsp3) is 0.316. The Morgan fingerprint density at radius 3 is 2.50 bits per heavy atom. The van der Waals surface area contributed by atoms with Crippen molar-refractivity contribution in [3.05, 3.63) is 53.7 Å². The second-order valence-electron chi connectivity index (χ2n) is 5.85. The Hall–Kier alpha value is -1.89. The number of nitrogens with zero attached hydrogens (tertiary/aromatic N) is 1. The second-order valence-corrected chi connectivity index (χ2v) is 5.85. The Morgan fingerprint density at radius 1 is 0.700 bits per heavy atom. The SMILES string of the molecule is c1ccc2c(c1)ncc1c3c(ccc12)CCCCCC3. The zero-order chi connectivity index (χ0) is 13.4. The molecule has 2 aromatic carbocycles. The number of para-hydroxylation sites is 1. The van der Waals surface area contributed by atoms with Crippen LogP contribution in [0, 0.1) is 0 Å². The highest BCUT2D eigenvalue weighted by molar-refractivity contribution is 6.06. The molecule has 1 nitrogen and oxygen atoms in total. The van der Waals surface area contributed by atoms with E-state index < -0.39 is 0 Å². The van der Waals surface area contributed by atoms with Crippen molar-refractivity contribution in [2.75, 3.05) is 0 Å². The Labute approximate surface area is 119 Å². The predicted molar refractivity (Wildman–Crippen MR) is 85.1 cm³/mol. The molecule has 3 aromatic rings. The molecule has 1 aliphatic carbocycles. The van der Waals surface area contributed by atoms with E-state index in [2.05, 4.69) is 47.6 Å². The topological polar surface area (TPSA) is 12.9 Å². The van der Waals surface area contributed by atoms with Crippen molar-refractivity contribution in [3.63, 3.8) is 0 Å². The average Bonchev–Trinajstić information content (AvgIpc) is 2.47. The lowest BCUT2D eigenvalue weighted by molar-refractivity contribution is 0.619. The van der Waals surface area contributed by atoms with Gasteiger partial charge in [-0.05, 0) is 48.3 Å². The largest absolute Gasteiger partial charge is 0.256 e. The molecule has 0 amide bonds. The van der Waals surface area contributed by atoms with Gasteiger partial charge in [0.2, 0.25) is 0 Å². The molecule has 1 heteroatoms. The van der Waals surface area contributed by atoms with E-state index in [0.717, 1.165) is 5.52 Å². The van der Waals surface area contributed by atoms with Crippen molar-refractivity contribution >= 4 is 21.7 Å². The van der Waals surface area contributed by atoms with Crippen LogP contribution in [-0.2, 0) is 12.8 Å². The number of rotatable bonds is 0. The third-order valence-corrected chi connectivity index (χ3v) is 4.60. The molecule has 0 aliphatic heterocycles. The van der Waals surface area contributed by atoms with Gasteiger partial charge in [-0.15, -0.1) is 0 Å². The van der Waals surface area contributed by atoms with Gasteiger partial charge in [0.25, 0.3) is 0 Å². The summed E-state index contributed by atoms with van der Waals surface area (Å²) in [5.74, 6) is 0. The summed E-state index contributed by atoms with van der Waals surface area (Å²) in [5.41, 5.74) is 4.21. The van der Waals surface area contributed by atoms with Gasteiger partial charge >= 0.3 is 0 Å². The monoisotopic (exact) mass is 261 g/mol. The van der Waals surface area contributed by atoms with E-state index in [0.29, 0.717) is 0 Å². The Bertz CT molecular complexity index is 773. The molecule has 0 radical (unpaired) electrons. The van der Waals surface area contributed by atoms with Crippen LogP contribution < -0.4 is 0 Å². The van der Waals surface area contributed by atoms with Crippen molar-refractivity contribution < 1.29 is 0 Å². The van der Waals surface area contributed by atoms with Gasteiger partial charge in [-0.1, -0.05) is 43.2 Å². The molecule has 0 saturated carbocycles. The maximum absolute atomic E-state index is 4.67. The molecule has 4 rings (SSSR count). The average molecular weight is 261 g/mol. The number of pyridine rings is 1. The molecule has 0 spiro atoms. The Morgan fingerprint density at radius 2 is 1.55 bits per heavy atom. The van der Waals surface area contributed by atoms with Gasteiger partial charge in [-0.3, -0.25) is 4.98 Å². The van der Waals surface area contributed by atoms with Gasteiger partial charge in [0.15, 0.2) is 0 Å². The molecule has 0 unspecified atom stereocenters. The van der Waals surface area contributed by atoms with E-state index in [-0.39, 0.29) is 0 Å². The quantitative estimate of drug-likeness (QED) is 0.516. The lowest BCUT2D eigenvalue weighted by Crippen LogP contribution is -2.01. The van der Waals surface area contributed by atoms with E-state index in [1.165, 1.54) is 54.7 Å². The minimum atomic E-state index is 1.10. The zero-order valence-corrected chi connectivity index (χ0v) is 11.7. The fourth-order valence-electron chi connectivity index (χ4n) is 3.54. The van der Waals surface area contributed by atoms with Crippen LogP contribution >= 0.6 is 0 Å². The maximum Gasteiger partial charge on any atom is 0.0708 e. The maximum atomic E-state index is 4.67. The van der Waals surface area contributed by atoms with Crippen LogP contribution in [0.5, 0.6) is 0 Å². The molecule has 20 heavy (non-hydrogen) atoms. The molecule has 0 N–H and O–H groups in total. The molecule has 0 saturated heterocycles. The summed E-state index contributed by atoms with van der Waals surface area (Å²) in [6, 6.07) is 13.1. The van der Waals surface area contributed by atoms with Gasteiger partial charge in [-0.25, -0.2) is 0 Å². The first-order chi connectivity index (χ1) is 9.93. The molecular formula is C19H19N. The van der Waals surface area contributed by atoms with Gasteiger partial charge in [0.05, 0.1) is 5.52 Å². The number of hydrogen-bond donors (Lipinski definition) is 0. The molecule has 100 valence electrons. The molecule has 0 bridgehead atoms. The van der Waals surface area contributed by atoms with Crippen LogP contribution in [0.4, 0.5) is 0 Å². The van der Waals surface area contributed by atoms with Crippen molar-refractivity contribution in [1.29, 1.82) is 0 Å². The number of fused-ring (bicyclic) bond motifs is 5. The van der Waals surface area contributed by atoms with Crippen LogP contribution in [-0.4, -0.2) is 4.98 Å². The molecule has 1 aliphatic rings. The molecule has 0 atom stereocenters.